The van der Waals surface area contributed by atoms with Crippen molar-refractivity contribution in [3.05, 3.63) is 24.0 Å². The monoisotopic (exact) mass is 222 g/mol. The molecule has 1 rings (SSSR count). The number of pyridine rings is 1. The van der Waals surface area contributed by atoms with Crippen molar-refractivity contribution in [2.75, 3.05) is 24.6 Å². The van der Waals surface area contributed by atoms with Crippen molar-refractivity contribution in [1.29, 1.82) is 0 Å². The van der Waals surface area contributed by atoms with Gasteiger partial charge >= 0.3 is 0 Å². The highest BCUT2D eigenvalue weighted by Gasteiger charge is 2.06. The van der Waals surface area contributed by atoms with Gasteiger partial charge in [-0.25, -0.2) is 0 Å². The Kier molecular flexibility index (Phi) is 4.92. The van der Waals surface area contributed by atoms with Gasteiger partial charge in [-0.3, -0.25) is 9.78 Å². The van der Waals surface area contributed by atoms with Gasteiger partial charge in [-0.2, -0.15) is 0 Å². The summed E-state index contributed by atoms with van der Waals surface area (Å²) >= 11 is 0. The number of hydrogen-bond acceptors (Lipinski definition) is 4. The fourth-order valence-electron chi connectivity index (χ4n) is 1.54. The van der Waals surface area contributed by atoms with Gasteiger partial charge in [0.25, 0.3) is 0 Å². The number of aliphatic hydroxyl groups is 1. The van der Waals surface area contributed by atoms with E-state index in [0.717, 1.165) is 18.7 Å². The van der Waals surface area contributed by atoms with Crippen LogP contribution in [-0.4, -0.2) is 35.6 Å². The van der Waals surface area contributed by atoms with E-state index in [-0.39, 0.29) is 12.4 Å². The van der Waals surface area contributed by atoms with Crippen LogP contribution in [0.1, 0.15) is 30.8 Å². The molecule has 1 N–H and O–H groups in total. The van der Waals surface area contributed by atoms with E-state index < -0.39 is 0 Å². The Morgan fingerprint density at radius 1 is 1.44 bits per heavy atom. The van der Waals surface area contributed by atoms with E-state index in [4.69, 9.17) is 5.11 Å². The van der Waals surface area contributed by atoms with Crippen molar-refractivity contribution in [3.63, 3.8) is 0 Å². The highest BCUT2D eigenvalue weighted by Crippen LogP contribution is 2.13. The first kappa shape index (κ1) is 12.6. The second-order valence-corrected chi connectivity index (χ2v) is 3.67. The molecule has 0 amide bonds. The molecule has 0 bridgehead atoms. The lowest BCUT2D eigenvalue weighted by Crippen LogP contribution is -2.27. The summed E-state index contributed by atoms with van der Waals surface area (Å²) in [5.41, 5.74) is 1.42. The molecule has 1 heterocycles. The minimum Gasteiger partial charge on any atom is -0.395 e. The molecule has 0 saturated heterocycles. The average molecular weight is 222 g/mol. The average Bonchev–Trinajstić information content (AvgIpc) is 2.29. The van der Waals surface area contributed by atoms with Crippen LogP contribution in [0.15, 0.2) is 18.3 Å². The fraction of sp³-hybridized carbons (Fsp3) is 0.500. The molecule has 1 aromatic rings. The summed E-state index contributed by atoms with van der Waals surface area (Å²) in [5.74, 6) is -0.0317. The number of carbonyl (C=O) groups is 1. The molecule has 0 aliphatic heterocycles. The Labute approximate surface area is 95.9 Å². The minimum absolute atomic E-state index is 0.0317. The van der Waals surface area contributed by atoms with E-state index in [1.807, 2.05) is 6.07 Å². The maximum absolute atomic E-state index is 11.1. The molecule has 0 aliphatic rings. The van der Waals surface area contributed by atoms with Crippen LogP contribution < -0.4 is 4.90 Å². The number of aromatic nitrogens is 1. The number of rotatable bonds is 6. The number of anilines is 1. The third kappa shape index (κ3) is 3.31. The van der Waals surface area contributed by atoms with E-state index in [9.17, 15) is 4.79 Å². The number of hydrogen-bond donors (Lipinski definition) is 1. The van der Waals surface area contributed by atoms with Gasteiger partial charge < -0.3 is 10.0 Å². The van der Waals surface area contributed by atoms with Crippen molar-refractivity contribution in [2.24, 2.45) is 0 Å². The number of carbonyl (C=O) groups excluding carboxylic acids is 1. The molecule has 0 radical (unpaired) electrons. The Morgan fingerprint density at radius 3 is 2.62 bits per heavy atom. The first-order valence-electron chi connectivity index (χ1n) is 5.51. The van der Waals surface area contributed by atoms with Crippen molar-refractivity contribution < 1.29 is 9.90 Å². The molecule has 4 nitrogen and oxygen atoms in total. The number of nitrogens with zero attached hydrogens (tertiary/aromatic N) is 2. The Balaban J connectivity index is 2.80. The van der Waals surface area contributed by atoms with Crippen molar-refractivity contribution in [3.8, 4) is 0 Å². The van der Waals surface area contributed by atoms with Crippen molar-refractivity contribution >= 4 is 11.5 Å². The molecule has 0 atom stereocenters. The topological polar surface area (TPSA) is 53.4 Å². The van der Waals surface area contributed by atoms with Gasteiger partial charge in [0.1, 0.15) is 5.69 Å². The second-order valence-electron chi connectivity index (χ2n) is 3.67. The van der Waals surface area contributed by atoms with Crippen LogP contribution in [0.5, 0.6) is 0 Å². The fourth-order valence-corrected chi connectivity index (χ4v) is 1.54. The zero-order valence-electron chi connectivity index (χ0n) is 9.81. The quantitative estimate of drug-likeness (QED) is 0.741. The van der Waals surface area contributed by atoms with E-state index in [1.54, 1.807) is 12.3 Å². The van der Waals surface area contributed by atoms with Crippen LogP contribution in [0.25, 0.3) is 0 Å². The molecule has 0 fully saturated rings. The maximum Gasteiger partial charge on any atom is 0.178 e. The van der Waals surface area contributed by atoms with Gasteiger partial charge in [0, 0.05) is 20.0 Å². The molecule has 4 heteroatoms. The zero-order valence-corrected chi connectivity index (χ0v) is 9.81. The molecule has 0 unspecified atom stereocenters. The van der Waals surface area contributed by atoms with E-state index >= 15 is 0 Å². The first-order chi connectivity index (χ1) is 7.69. The molecule has 88 valence electrons. The smallest absolute Gasteiger partial charge is 0.178 e. The van der Waals surface area contributed by atoms with Gasteiger partial charge in [-0.1, -0.05) is 6.92 Å². The maximum atomic E-state index is 11.1. The zero-order chi connectivity index (χ0) is 12.0. The highest BCUT2D eigenvalue weighted by atomic mass is 16.3. The van der Waals surface area contributed by atoms with Crippen LogP contribution in [0.3, 0.4) is 0 Å². The van der Waals surface area contributed by atoms with Crippen LogP contribution in [0, 0.1) is 0 Å². The number of aliphatic hydroxyl groups excluding tert-OH is 1. The number of Topliss-reactive ketones (excluding diaryl/α,β-unsaturated/α-hetero) is 1. The SMILES string of the molecule is CCCN(CCO)c1ccc(C(C)=O)nc1. The van der Waals surface area contributed by atoms with E-state index in [2.05, 4.69) is 16.8 Å². The summed E-state index contributed by atoms with van der Waals surface area (Å²) in [4.78, 5) is 17.2. The first-order valence-corrected chi connectivity index (χ1v) is 5.51. The Hall–Kier alpha value is -1.42. The molecular weight excluding hydrogens is 204 g/mol. The summed E-state index contributed by atoms with van der Waals surface area (Å²) in [6.45, 7) is 5.17. The van der Waals surface area contributed by atoms with Gasteiger partial charge in [0.05, 0.1) is 18.5 Å². The highest BCUT2D eigenvalue weighted by molar-refractivity contribution is 5.92. The van der Waals surface area contributed by atoms with Crippen LogP contribution in [0.2, 0.25) is 0 Å². The van der Waals surface area contributed by atoms with Crippen LogP contribution >= 0.6 is 0 Å². The second kappa shape index (κ2) is 6.23. The number of ketones is 1. The predicted molar refractivity (Wildman–Crippen MR) is 63.8 cm³/mol. The summed E-state index contributed by atoms with van der Waals surface area (Å²) in [7, 11) is 0. The lowest BCUT2D eigenvalue weighted by molar-refractivity contribution is 0.101. The molecule has 0 saturated carbocycles. The van der Waals surface area contributed by atoms with Gasteiger partial charge in [-0.15, -0.1) is 0 Å². The summed E-state index contributed by atoms with van der Waals surface area (Å²) < 4.78 is 0. The summed E-state index contributed by atoms with van der Waals surface area (Å²) in [6, 6.07) is 3.59. The summed E-state index contributed by atoms with van der Waals surface area (Å²) in [6.07, 6.45) is 2.69. The van der Waals surface area contributed by atoms with Crippen LogP contribution in [0.4, 0.5) is 5.69 Å². The molecule has 0 aromatic carbocycles. The standard InChI is InChI=1S/C12H18N2O2/c1-3-6-14(7-8-15)11-4-5-12(10(2)16)13-9-11/h4-5,9,15H,3,6-8H2,1-2H3. The van der Waals surface area contributed by atoms with Gasteiger partial charge in [0.15, 0.2) is 5.78 Å². The predicted octanol–water partition coefficient (Wildman–Crippen LogP) is 1.49. The lowest BCUT2D eigenvalue weighted by Gasteiger charge is -2.22. The third-order valence-corrected chi connectivity index (χ3v) is 2.34. The van der Waals surface area contributed by atoms with E-state index in [1.165, 1.54) is 6.92 Å². The van der Waals surface area contributed by atoms with Crippen LogP contribution in [-0.2, 0) is 0 Å². The summed E-state index contributed by atoms with van der Waals surface area (Å²) in [5, 5.41) is 8.95. The van der Waals surface area contributed by atoms with Crippen molar-refractivity contribution in [1.82, 2.24) is 4.98 Å². The molecule has 1 aromatic heterocycles. The van der Waals surface area contributed by atoms with E-state index in [0.29, 0.717) is 12.2 Å². The third-order valence-electron chi connectivity index (χ3n) is 2.34. The van der Waals surface area contributed by atoms with Gasteiger partial charge in [0.2, 0.25) is 0 Å². The largest absolute Gasteiger partial charge is 0.395 e. The molecule has 16 heavy (non-hydrogen) atoms. The Morgan fingerprint density at radius 2 is 2.19 bits per heavy atom. The minimum atomic E-state index is -0.0317. The molecular formula is C12H18N2O2. The normalized spacial score (nSPS) is 10.2. The van der Waals surface area contributed by atoms with Crippen molar-refractivity contribution in [2.45, 2.75) is 20.3 Å². The lowest BCUT2D eigenvalue weighted by atomic mass is 10.2. The van der Waals surface area contributed by atoms with Gasteiger partial charge in [-0.05, 0) is 18.6 Å². The Bertz CT molecular complexity index is 329. The molecule has 0 aliphatic carbocycles. The molecule has 0 spiro atoms.